The average Bonchev–Trinajstić information content (AvgIpc) is 1.91. The Balaban J connectivity index is 3.12. The summed E-state index contributed by atoms with van der Waals surface area (Å²) in [5.74, 6) is 0. The van der Waals surface area contributed by atoms with Gasteiger partial charge in [-0.1, -0.05) is 11.6 Å². The fourth-order valence-electron chi connectivity index (χ4n) is 0.385. The first-order chi connectivity index (χ1) is 3.30. The Hall–Kier alpha value is -0.430. The van der Waals surface area contributed by atoms with Crippen LogP contribution in [0.3, 0.4) is 0 Å². The van der Waals surface area contributed by atoms with Gasteiger partial charge < -0.3 is 4.98 Å². The zero-order valence-electron chi connectivity index (χ0n) is 3.74. The minimum absolute atomic E-state index is 0.694. The van der Waals surface area contributed by atoms with Crippen LogP contribution in [0, 0.1) is 6.92 Å². The number of hydrogen-bond donors (Lipinski definition) is 1. The van der Waals surface area contributed by atoms with Crippen molar-refractivity contribution in [2.24, 2.45) is 0 Å². The second-order valence-corrected chi connectivity index (χ2v) is 1.71. The summed E-state index contributed by atoms with van der Waals surface area (Å²) in [7, 11) is 0. The summed E-state index contributed by atoms with van der Waals surface area (Å²) in [6, 6.07) is 1.77. The SMILES string of the molecule is [CH2]c1[nH]ccc1Cl. The van der Waals surface area contributed by atoms with Crippen LogP contribution in [0.1, 0.15) is 5.69 Å². The third-order valence-corrected chi connectivity index (χ3v) is 1.13. The van der Waals surface area contributed by atoms with Crippen LogP contribution in [-0.4, -0.2) is 4.98 Å². The number of rotatable bonds is 0. The molecule has 0 aliphatic carbocycles. The van der Waals surface area contributed by atoms with Crippen LogP contribution < -0.4 is 0 Å². The lowest BCUT2D eigenvalue weighted by Gasteiger charge is -1.78. The molecule has 0 spiro atoms. The minimum atomic E-state index is 0.694. The van der Waals surface area contributed by atoms with Crippen molar-refractivity contribution in [3.05, 3.63) is 29.9 Å². The van der Waals surface area contributed by atoms with Gasteiger partial charge in [-0.2, -0.15) is 0 Å². The van der Waals surface area contributed by atoms with E-state index in [1.807, 2.05) is 0 Å². The zero-order valence-corrected chi connectivity index (χ0v) is 4.50. The van der Waals surface area contributed by atoms with E-state index in [1.54, 1.807) is 12.3 Å². The van der Waals surface area contributed by atoms with Crippen molar-refractivity contribution in [1.82, 2.24) is 4.98 Å². The van der Waals surface area contributed by atoms with E-state index in [-0.39, 0.29) is 0 Å². The third kappa shape index (κ3) is 0.775. The topological polar surface area (TPSA) is 15.8 Å². The summed E-state index contributed by atoms with van der Waals surface area (Å²) >= 11 is 5.53. The highest BCUT2D eigenvalue weighted by atomic mass is 35.5. The number of aromatic nitrogens is 1. The highest BCUT2D eigenvalue weighted by Crippen LogP contribution is 2.10. The van der Waals surface area contributed by atoms with Crippen molar-refractivity contribution in [2.75, 3.05) is 0 Å². The molecular weight excluding hydrogens is 110 g/mol. The fourth-order valence-corrected chi connectivity index (χ4v) is 0.503. The summed E-state index contributed by atoms with van der Waals surface area (Å²) in [4.78, 5) is 2.83. The molecule has 0 unspecified atom stereocenters. The Morgan fingerprint density at radius 3 is 2.57 bits per heavy atom. The fraction of sp³-hybridized carbons (Fsp3) is 0. The second-order valence-electron chi connectivity index (χ2n) is 1.30. The molecule has 1 rings (SSSR count). The van der Waals surface area contributed by atoms with Crippen molar-refractivity contribution in [3.8, 4) is 0 Å². The lowest BCUT2D eigenvalue weighted by atomic mass is 10.5. The number of halogens is 1. The van der Waals surface area contributed by atoms with Gasteiger partial charge in [-0.05, 0) is 13.0 Å². The molecule has 0 saturated carbocycles. The molecule has 1 radical (unpaired) electrons. The summed E-state index contributed by atoms with van der Waals surface area (Å²) in [5, 5.41) is 0.694. The van der Waals surface area contributed by atoms with Gasteiger partial charge in [0.05, 0.1) is 5.02 Å². The van der Waals surface area contributed by atoms with Gasteiger partial charge in [0.1, 0.15) is 0 Å². The Labute approximate surface area is 47.3 Å². The van der Waals surface area contributed by atoms with E-state index in [4.69, 9.17) is 11.6 Å². The molecule has 0 atom stereocenters. The van der Waals surface area contributed by atoms with E-state index >= 15 is 0 Å². The smallest absolute Gasteiger partial charge is 0.0613 e. The Morgan fingerprint density at radius 2 is 2.43 bits per heavy atom. The molecule has 1 N–H and O–H groups in total. The van der Waals surface area contributed by atoms with Gasteiger partial charge in [0, 0.05) is 11.9 Å². The van der Waals surface area contributed by atoms with Crippen LogP contribution in [0.2, 0.25) is 5.02 Å². The van der Waals surface area contributed by atoms with Crippen molar-refractivity contribution in [2.45, 2.75) is 0 Å². The molecule has 0 amide bonds. The predicted molar refractivity (Wildman–Crippen MR) is 30.3 cm³/mol. The van der Waals surface area contributed by atoms with Crippen molar-refractivity contribution >= 4 is 11.6 Å². The summed E-state index contributed by atoms with van der Waals surface area (Å²) in [5.41, 5.74) is 0.779. The van der Waals surface area contributed by atoms with Gasteiger partial charge in [-0.15, -0.1) is 0 Å². The molecule has 0 aliphatic rings. The maximum Gasteiger partial charge on any atom is 0.0613 e. The monoisotopic (exact) mass is 114 g/mol. The third-order valence-electron chi connectivity index (χ3n) is 0.776. The van der Waals surface area contributed by atoms with Crippen LogP contribution in [0.5, 0.6) is 0 Å². The number of nitrogens with one attached hydrogen (secondary N) is 1. The number of hydrogen-bond acceptors (Lipinski definition) is 0. The first-order valence-corrected chi connectivity index (χ1v) is 2.33. The Bertz CT molecular complexity index is 140. The first-order valence-electron chi connectivity index (χ1n) is 1.95. The molecule has 2 heteroatoms. The van der Waals surface area contributed by atoms with E-state index in [9.17, 15) is 0 Å². The molecule has 0 aliphatic heterocycles. The second kappa shape index (κ2) is 1.58. The molecule has 0 saturated heterocycles. The zero-order chi connectivity index (χ0) is 5.28. The van der Waals surface area contributed by atoms with Crippen molar-refractivity contribution in [3.63, 3.8) is 0 Å². The molecule has 1 aromatic rings. The lowest BCUT2D eigenvalue weighted by Crippen LogP contribution is -1.64. The molecule has 1 heterocycles. The minimum Gasteiger partial charge on any atom is -0.364 e. The van der Waals surface area contributed by atoms with Gasteiger partial charge in [-0.25, -0.2) is 0 Å². The number of aromatic amines is 1. The van der Waals surface area contributed by atoms with Crippen LogP contribution in [-0.2, 0) is 0 Å². The van der Waals surface area contributed by atoms with E-state index in [2.05, 4.69) is 11.9 Å². The lowest BCUT2D eigenvalue weighted by molar-refractivity contribution is 1.35. The quantitative estimate of drug-likeness (QED) is 0.530. The molecule has 37 valence electrons. The van der Waals surface area contributed by atoms with E-state index in [1.165, 1.54) is 0 Å². The van der Waals surface area contributed by atoms with Crippen molar-refractivity contribution < 1.29 is 0 Å². The van der Waals surface area contributed by atoms with Crippen LogP contribution in [0.25, 0.3) is 0 Å². The molecule has 0 bridgehead atoms. The van der Waals surface area contributed by atoms with Gasteiger partial charge in [0.25, 0.3) is 0 Å². The summed E-state index contributed by atoms with van der Waals surface area (Å²) < 4.78 is 0. The van der Waals surface area contributed by atoms with E-state index in [0.717, 1.165) is 5.69 Å². The molecule has 1 aromatic heterocycles. The highest BCUT2D eigenvalue weighted by molar-refractivity contribution is 6.31. The van der Waals surface area contributed by atoms with Crippen LogP contribution in [0.4, 0.5) is 0 Å². The van der Waals surface area contributed by atoms with Gasteiger partial charge in [0.15, 0.2) is 0 Å². The number of H-pyrrole nitrogens is 1. The largest absolute Gasteiger partial charge is 0.364 e. The first kappa shape index (κ1) is 4.72. The molecular formula is C5H5ClN. The Kier molecular flexibility index (Phi) is 1.07. The highest BCUT2D eigenvalue weighted by Gasteiger charge is 1.88. The van der Waals surface area contributed by atoms with Crippen LogP contribution >= 0.6 is 11.6 Å². The normalized spacial score (nSPS) is 9.43. The van der Waals surface area contributed by atoms with Crippen molar-refractivity contribution in [1.29, 1.82) is 0 Å². The maximum absolute atomic E-state index is 5.53. The molecule has 7 heavy (non-hydrogen) atoms. The van der Waals surface area contributed by atoms with E-state index in [0.29, 0.717) is 5.02 Å². The van der Waals surface area contributed by atoms with Gasteiger partial charge >= 0.3 is 0 Å². The average molecular weight is 115 g/mol. The van der Waals surface area contributed by atoms with Gasteiger partial charge in [0.2, 0.25) is 0 Å². The summed E-state index contributed by atoms with van der Waals surface area (Å²) in [6.07, 6.45) is 1.75. The summed E-state index contributed by atoms with van der Waals surface area (Å²) in [6.45, 7) is 3.59. The van der Waals surface area contributed by atoms with Crippen LogP contribution in [0.15, 0.2) is 12.3 Å². The standard InChI is InChI=1S/C5H5ClN/c1-4-5(6)2-3-7-4/h2-3,7H,1H2. The maximum atomic E-state index is 5.53. The van der Waals surface area contributed by atoms with E-state index < -0.39 is 0 Å². The molecule has 1 nitrogen and oxygen atoms in total. The van der Waals surface area contributed by atoms with Gasteiger partial charge in [-0.3, -0.25) is 0 Å². The predicted octanol–water partition coefficient (Wildman–Crippen LogP) is 1.85. The molecule has 0 fully saturated rings. The Morgan fingerprint density at radius 1 is 1.71 bits per heavy atom. The molecule has 0 aromatic carbocycles.